The molecule has 0 aliphatic heterocycles. The van der Waals surface area contributed by atoms with Gasteiger partial charge < -0.3 is 24.6 Å². The predicted octanol–water partition coefficient (Wildman–Crippen LogP) is 7.41. The van der Waals surface area contributed by atoms with E-state index in [2.05, 4.69) is 5.32 Å². The van der Waals surface area contributed by atoms with Gasteiger partial charge in [-0.2, -0.15) is 0 Å². The molecule has 0 bridgehead atoms. The maximum Gasteiger partial charge on any atom is 0.238 e. The van der Waals surface area contributed by atoms with Gasteiger partial charge in [0.15, 0.2) is 0 Å². The minimum atomic E-state index is -1.15. The van der Waals surface area contributed by atoms with Crippen molar-refractivity contribution in [3.05, 3.63) is 162 Å². The minimum Gasteiger partial charge on any atom is -0.491 e. The van der Waals surface area contributed by atoms with Crippen molar-refractivity contribution in [1.29, 1.82) is 0 Å². The number of ether oxygens (including phenoxy) is 3. The Morgan fingerprint density at radius 3 is 1.73 bits per heavy atom. The molecule has 1 atom stereocenters. The van der Waals surface area contributed by atoms with E-state index in [-0.39, 0.29) is 15.1 Å². The van der Waals surface area contributed by atoms with Gasteiger partial charge in [-0.15, -0.1) is 0 Å². The molecule has 0 aromatic heterocycles. The molecular weight excluding hydrogens is 569 g/mol. The van der Waals surface area contributed by atoms with Gasteiger partial charge in [-0.25, -0.2) is 0 Å². The smallest absolute Gasteiger partial charge is 0.238 e. The van der Waals surface area contributed by atoms with E-state index >= 15 is 0 Å². The molecule has 0 spiro atoms. The molecule has 6 nitrogen and oxygen atoms in total. The Morgan fingerprint density at radius 1 is 0.636 bits per heavy atom. The maximum atomic E-state index is 12.7. The first kappa shape index (κ1) is 31.0. The lowest BCUT2D eigenvalue weighted by Gasteiger charge is -2.29. The highest BCUT2D eigenvalue weighted by Crippen LogP contribution is 2.43. The maximum absolute atomic E-state index is 12.7. The van der Waals surface area contributed by atoms with Crippen LogP contribution in [-0.4, -0.2) is 30.9 Å². The molecule has 0 unspecified atom stereocenters. The lowest BCUT2D eigenvalue weighted by molar-refractivity contribution is 0.106. The molecule has 0 aliphatic carbocycles. The van der Waals surface area contributed by atoms with Crippen molar-refractivity contribution in [2.45, 2.75) is 24.5 Å². The third-order valence-corrected chi connectivity index (χ3v) is 8.00. The lowest BCUT2D eigenvalue weighted by atomic mass is 10.0. The number of hydrogen-bond acceptors (Lipinski definition) is 6. The number of rotatable bonds is 16. The Morgan fingerprint density at radius 2 is 1.16 bits per heavy atom. The van der Waals surface area contributed by atoms with Crippen LogP contribution in [-0.2, 0) is 22.9 Å². The molecule has 0 amide bonds. The van der Waals surface area contributed by atoms with E-state index in [0.717, 1.165) is 34.4 Å². The summed E-state index contributed by atoms with van der Waals surface area (Å²) in [6, 6.07) is 44.5. The Kier molecular flexibility index (Phi) is 11.1. The van der Waals surface area contributed by atoms with Crippen LogP contribution >= 0.6 is 8.46 Å². The SMILES string of the molecule is O=PC(Oc1ccc(CCNC[C@H](O)COc2ccc(OCc3ccccc3)cc2)cc1)(c1ccccc1)c1ccccc1. The first-order chi connectivity index (χ1) is 21.6. The second-order valence-corrected chi connectivity index (χ2v) is 11.2. The van der Waals surface area contributed by atoms with Crippen molar-refractivity contribution in [2.24, 2.45) is 0 Å². The van der Waals surface area contributed by atoms with Gasteiger partial charge in [-0.1, -0.05) is 103 Å². The van der Waals surface area contributed by atoms with Gasteiger partial charge in [-0.3, -0.25) is 4.57 Å². The summed E-state index contributed by atoms with van der Waals surface area (Å²) < 4.78 is 30.7. The number of hydrogen-bond donors (Lipinski definition) is 2. The van der Waals surface area contributed by atoms with E-state index < -0.39 is 11.4 Å². The highest BCUT2D eigenvalue weighted by Gasteiger charge is 2.38. The third kappa shape index (κ3) is 8.55. The second-order valence-electron chi connectivity index (χ2n) is 10.4. The van der Waals surface area contributed by atoms with Gasteiger partial charge in [0.05, 0.1) is 0 Å². The molecule has 5 aromatic rings. The van der Waals surface area contributed by atoms with Crippen LogP contribution in [0, 0.1) is 0 Å². The number of nitrogens with one attached hydrogen (secondary N) is 1. The summed E-state index contributed by atoms with van der Waals surface area (Å²) in [5, 5.41) is 12.5. The van der Waals surface area contributed by atoms with E-state index in [9.17, 15) is 9.67 Å². The zero-order valence-electron chi connectivity index (χ0n) is 24.4. The van der Waals surface area contributed by atoms with Crippen molar-refractivity contribution in [1.82, 2.24) is 5.32 Å². The highest BCUT2D eigenvalue weighted by molar-refractivity contribution is 7.25. The van der Waals surface area contributed by atoms with Crippen LogP contribution < -0.4 is 19.5 Å². The van der Waals surface area contributed by atoms with Crippen LogP contribution in [0.4, 0.5) is 0 Å². The Labute approximate surface area is 260 Å². The highest BCUT2D eigenvalue weighted by atomic mass is 31.1. The fourth-order valence-corrected chi connectivity index (χ4v) is 5.41. The third-order valence-electron chi connectivity index (χ3n) is 7.13. The second kappa shape index (κ2) is 15.8. The molecule has 44 heavy (non-hydrogen) atoms. The van der Waals surface area contributed by atoms with Crippen molar-refractivity contribution in [3.63, 3.8) is 0 Å². The summed E-state index contributed by atoms with van der Waals surface area (Å²) in [5.41, 5.74) is 3.85. The van der Waals surface area contributed by atoms with Crippen LogP contribution in [0.5, 0.6) is 17.2 Å². The van der Waals surface area contributed by atoms with Gasteiger partial charge in [0.25, 0.3) is 0 Å². The van der Waals surface area contributed by atoms with Crippen LogP contribution in [0.2, 0.25) is 0 Å². The molecule has 5 aromatic carbocycles. The Bertz CT molecular complexity index is 1510. The molecule has 0 radical (unpaired) electrons. The van der Waals surface area contributed by atoms with E-state index in [1.165, 1.54) is 0 Å². The molecule has 0 aliphatic rings. The van der Waals surface area contributed by atoms with E-state index in [4.69, 9.17) is 14.2 Å². The quantitative estimate of drug-likeness (QED) is 0.0901. The molecule has 7 heteroatoms. The van der Waals surface area contributed by atoms with Gasteiger partial charge in [0, 0.05) is 17.7 Å². The molecule has 2 N–H and O–H groups in total. The predicted molar refractivity (Wildman–Crippen MR) is 174 cm³/mol. The first-order valence-electron chi connectivity index (χ1n) is 14.7. The zero-order chi connectivity index (χ0) is 30.5. The van der Waals surface area contributed by atoms with Gasteiger partial charge in [0.1, 0.15) is 36.6 Å². The first-order valence-corrected chi connectivity index (χ1v) is 15.5. The summed E-state index contributed by atoms with van der Waals surface area (Å²) in [4.78, 5) is 0. The average Bonchev–Trinajstić information content (AvgIpc) is 3.09. The summed E-state index contributed by atoms with van der Waals surface area (Å²) in [6.07, 6.45) is 0.135. The molecule has 224 valence electrons. The van der Waals surface area contributed by atoms with Crippen molar-refractivity contribution >= 4 is 8.46 Å². The van der Waals surface area contributed by atoms with Gasteiger partial charge in [0.2, 0.25) is 13.8 Å². The summed E-state index contributed by atoms with van der Waals surface area (Å²) >= 11 is 0. The van der Waals surface area contributed by atoms with Crippen molar-refractivity contribution < 1.29 is 23.9 Å². The molecular formula is C37H36NO5P. The van der Waals surface area contributed by atoms with Gasteiger partial charge in [-0.05, 0) is 60.5 Å². The largest absolute Gasteiger partial charge is 0.491 e. The van der Waals surface area contributed by atoms with E-state index in [1.54, 1.807) is 0 Å². The van der Waals surface area contributed by atoms with Crippen molar-refractivity contribution in [3.8, 4) is 17.2 Å². The average molecular weight is 606 g/mol. The monoisotopic (exact) mass is 605 g/mol. The van der Waals surface area contributed by atoms with Gasteiger partial charge >= 0.3 is 0 Å². The summed E-state index contributed by atoms with van der Waals surface area (Å²) in [5.74, 6) is 2.07. The summed E-state index contributed by atoms with van der Waals surface area (Å²) in [7, 11) is -0.159. The molecule has 0 saturated heterocycles. The normalized spacial score (nSPS) is 12.0. The standard InChI is InChI=1S/C37H36NO5P/c39-33(28-42-35-22-20-34(21-23-35)41-27-30-10-4-1-5-11-30)26-38-25-24-29-16-18-36(19-17-29)43-37(44-40,31-12-6-2-7-13-31)32-14-8-3-9-15-32/h1-23,33,38-39H,24-28H2/t33-/m0/s1. The van der Waals surface area contributed by atoms with E-state index in [1.807, 2.05) is 140 Å². The zero-order valence-corrected chi connectivity index (χ0v) is 25.3. The Hall–Kier alpha value is -4.48. The molecule has 0 heterocycles. The Balaban J connectivity index is 1.05. The molecule has 0 fully saturated rings. The number of benzene rings is 5. The number of aliphatic hydroxyl groups is 1. The van der Waals surface area contributed by atoms with E-state index in [0.29, 0.717) is 31.2 Å². The van der Waals surface area contributed by atoms with Crippen molar-refractivity contribution in [2.75, 3.05) is 19.7 Å². The molecule has 5 rings (SSSR count). The summed E-state index contributed by atoms with van der Waals surface area (Å²) in [6.45, 7) is 1.81. The number of aliphatic hydroxyl groups excluding tert-OH is 1. The van der Waals surface area contributed by atoms with Crippen LogP contribution in [0.1, 0.15) is 22.3 Å². The van der Waals surface area contributed by atoms with Crippen LogP contribution in [0.25, 0.3) is 0 Å². The van der Waals surface area contributed by atoms with Crippen LogP contribution in [0.15, 0.2) is 140 Å². The lowest BCUT2D eigenvalue weighted by Crippen LogP contribution is -2.32. The van der Waals surface area contributed by atoms with Crippen LogP contribution in [0.3, 0.4) is 0 Å². The fraction of sp³-hybridized carbons (Fsp3) is 0.189. The topological polar surface area (TPSA) is 77.0 Å². The minimum absolute atomic E-state index is 0.159. The molecule has 0 saturated carbocycles. The fourth-order valence-electron chi connectivity index (χ4n) is 4.76.